The average Bonchev–Trinajstić information content (AvgIpc) is 1.99. The van der Waals surface area contributed by atoms with E-state index >= 15 is 0 Å². The van der Waals surface area contributed by atoms with Crippen LogP contribution in [-0.2, 0) is 10.0 Å². The zero-order valence-electron chi connectivity index (χ0n) is 9.33. The van der Waals surface area contributed by atoms with Crippen molar-refractivity contribution in [3.05, 3.63) is 28.8 Å². The summed E-state index contributed by atoms with van der Waals surface area (Å²) in [5.41, 5.74) is 7.63. The van der Waals surface area contributed by atoms with Crippen molar-refractivity contribution in [1.82, 2.24) is 10.3 Å². The molecule has 0 aliphatic carbocycles. The predicted octanol–water partition coefficient (Wildman–Crippen LogP) is 1.31. The fourth-order valence-corrected chi connectivity index (χ4v) is 1.73. The summed E-state index contributed by atoms with van der Waals surface area (Å²) in [5.74, 6) is 0. The summed E-state index contributed by atoms with van der Waals surface area (Å²) in [6, 6.07) is 3.94. The van der Waals surface area contributed by atoms with E-state index in [0.717, 1.165) is 22.9 Å². The van der Waals surface area contributed by atoms with Crippen molar-refractivity contribution in [3.63, 3.8) is 0 Å². The van der Waals surface area contributed by atoms with E-state index in [-0.39, 0.29) is 0 Å². The lowest BCUT2D eigenvalue weighted by molar-refractivity contribution is 0.580. The lowest BCUT2D eigenvalue weighted by Gasteiger charge is -2.10. The predicted molar refractivity (Wildman–Crippen MR) is 60.4 cm³/mol. The summed E-state index contributed by atoms with van der Waals surface area (Å²) >= 11 is 0. The number of hydrogen-bond donors (Lipinski definition) is 1. The van der Waals surface area contributed by atoms with E-state index in [0.29, 0.717) is 5.69 Å². The number of aryl methyl sites for hydroxylation is 3. The van der Waals surface area contributed by atoms with E-state index < -0.39 is 10.0 Å². The molecule has 0 heterocycles. The van der Waals surface area contributed by atoms with E-state index in [9.17, 15) is 8.42 Å². The highest BCUT2D eigenvalue weighted by atomic mass is 32.2. The molecule has 4 nitrogen and oxygen atoms in total. The fraction of sp³-hybridized carbons (Fsp3) is 0.400. The Morgan fingerprint density at radius 1 is 1.13 bits per heavy atom. The van der Waals surface area contributed by atoms with Gasteiger partial charge in [-0.15, -0.1) is 4.83 Å². The van der Waals surface area contributed by atoms with Gasteiger partial charge >= 0.3 is 0 Å². The van der Waals surface area contributed by atoms with Crippen molar-refractivity contribution in [1.29, 1.82) is 0 Å². The van der Waals surface area contributed by atoms with Crippen LogP contribution in [0, 0.1) is 20.8 Å². The molecule has 0 spiro atoms. The molecule has 0 saturated carbocycles. The number of sulfonamides is 1. The number of rotatable bonds is 3. The number of nitrogens with one attached hydrogen (secondary N) is 1. The molecular weight excluding hydrogens is 212 g/mol. The lowest BCUT2D eigenvalue weighted by atomic mass is 10.1. The van der Waals surface area contributed by atoms with Crippen molar-refractivity contribution < 1.29 is 8.42 Å². The lowest BCUT2D eigenvalue weighted by Crippen LogP contribution is -2.28. The van der Waals surface area contributed by atoms with Gasteiger partial charge < -0.3 is 0 Å². The molecule has 0 amide bonds. The summed E-state index contributed by atoms with van der Waals surface area (Å²) in [5, 5.41) is 0. The molecule has 5 heteroatoms. The van der Waals surface area contributed by atoms with Gasteiger partial charge in [0.15, 0.2) is 0 Å². The molecule has 15 heavy (non-hydrogen) atoms. The second-order valence-corrected chi connectivity index (χ2v) is 5.45. The zero-order valence-corrected chi connectivity index (χ0v) is 10.1. The Balaban J connectivity index is 2.96. The van der Waals surface area contributed by atoms with Crippen LogP contribution in [0.3, 0.4) is 0 Å². The summed E-state index contributed by atoms with van der Waals surface area (Å²) in [6.07, 6.45) is 1.08. The zero-order chi connectivity index (χ0) is 11.6. The third kappa shape index (κ3) is 3.53. The van der Waals surface area contributed by atoms with Gasteiger partial charge in [-0.05, 0) is 31.9 Å². The fourth-order valence-electron chi connectivity index (χ4n) is 1.48. The molecule has 0 saturated heterocycles. The molecule has 1 radical (unpaired) electrons. The van der Waals surface area contributed by atoms with Gasteiger partial charge in [-0.3, -0.25) is 0 Å². The molecular formula is C10H15N2O2S. The first-order valence-corrected chi connectivity index (χ1v) is 6.44. The number of hydrogen-bond acceptors (Lipinski definition) is 2. The molecule has 1 rings (SSSR count). The van der Waals surface area contributed by atoms with Gasteiger partial charge in [-0.25, -0.2) is 8.42 Å². The molecule has 1 N–H and O–H groups in total. The Labute approximate surface area is 90.7 Å². The maximum atomic E-state index is 10.9. The van der Waals surface area contributed by atoms with E-state index in [1.165, 1.54) is 0 Å². The van der Waals surface area contributed by atoms with Gasteiger partial charge in [-0.2, -0.15) is 5.43 Å². The summed E-state index contributed by atoms with van der Waals surface area (Å²) in [6.45, 7) is 5.80. The highest BCUT2D eigenvalue weighted by Gasteiger charge is 2.07. The standard InChI is InChI=1S/C10H15N2O2S/c1-7-5-8(2)10(9(3)6-7)11-12-15(4,13)14/h5-6,12H,1-4H3. The monoisotopic (exact) mass is 227 g/mol. The first kappa shape index (κ1) is 12.0. The second-order valence-electron chi connectivity index (χ2n) is 3.72. The van der Waals surface area contributed by atoms with Crippen LogP contribution in [-0.4, -0.2) is 14.7 Å². The Morgan fingerprint density at radius 3 is 2.00 bits per heavy atom. The molecule has 0 bridgehead atoms. The highest BCUT2D eigenvalue weighted by molar-refractivity contribution is 7.88. The number of benzene rings is 1. The topological polar surface area (TPSA) is 60.3 Å². The SMILES string of the molecule is Cc1cc(C)c([N]NS(C)(=O)=O)c(C)c1. The van der Waals surface area contributed by atoms with Gasteiger partial charge in [0.1, 0.15) is 0 Å². The van der Waals surface area contributed by atoms with Crippen LogP contribution < -0.4 is 10.3 Å². The summed E-state index contributed by atoms with van der Waals surface area (Å²) in [7, 11) is -3.28. The smallest absolute Gasteiger partial charge is 0.211 e. The third-order valence-electron chi connectivity index (χ3n) is 1.96. The van der Waals surface area contributed by atoms with Crippen LogP contribution in [0.1, 0.15) is 16.7 Å². The average molecular weight is 227 g/mol. The van der Waals surface area contributed by atoms with Crippen molar-refractivity contribution >= 4 is 15.7 Å². The van der Waals surface area contributed by atoms with Crippen molar-refractivity contribution in [2.45, 2.75) is 20.8 Å². The van der Waals surface area contributed by atoms with Crippen molar-refractivity contribution in [2.24, 2.45) is 0 Å². The summed E-state index contributed by atoms with van der Waals surface area (Å²) in [4.78, 5) is 2.14. The Bertz CT molecular complexity index is 443. The van der Waals surface area contributed by atoms with Gasteiger partial charge in [0.2, 0.25) is 10.0 Å². The highest BCUT2D eigenvalue weighted by Crippen LogP contribution is 2.21. The van der Waals surface area contributed by atoms with Gasteiger partial charge in [0.25, 0.3) is 0 Å². The van der Waals surface area contributed by atoms with Crippen LogP contribution >= 0.6 is 0 Å². The molecule has 83 valence electrons. The molecule has 0 atom stereocenters. The Hall–Kier alpha value is -1.07. The van der Waals surface area contributed by atoms with Crippen molar-refractivity contribution in [3.8, 4) is 0 Å². The van der Waals surface area contributed by atoms with Crippen LogP contribution in [0.2, 0.25) is 0 Å². The third-order valence-corrected chi connectivity index (χ3v) is 2.38. The molecule has 1 aromatic rings. The van der Waals surface area contributed by atoms with E-state index in [4.69, 9.17) is 0 Å². The molecule has 0 aliphatic heterocycles. The molecule has 0 aliphatic rings. The van der Waals surface area contributed by atoms with Crippen LogP contribution in [0.15, 0.2) is 12.1 Å². The Morgan fingerprint density at radius 2 is 1.60 bits per heavy atom. The minimum absolute atomic E-state index is 0.686. The van der Waals surface area contributed by atoms with Gasteiger partial charge in [-0.1, -0.05) is 17.7 Å². The minimum atomic E-state index is -3.28. The van der Waals surface area contributed by atoms with E-state index in [1.807, 2.05) is 32.9 Å². The van der Waals surface area contributed by atoms with Crippen LogP contribution in [0.4, 0.5) is 5.69 Å². The number of nitrogens with zero attached hydrogens (tertiary/aromatic N) is 1. The molecule has 1 aromatic carbocycles. The summed E-state index contributed by atoms with van der Waals surface area (Å²) < 4.78 is 21.8. The first-order chi connectivity index (χ1) is 6.79. The minimum Gasteiger partial charge on any atom is -0.211 e. The largest absolute Gasteiger partial charge is 0.227 e. The van der Waals surface area contributed by atoms with E-state index in [1.54, 1.807) is 0 Å². The van der Waals surface area contributed by atoms with Crippen LogP contribution in [0.25, 0.3) is 0 Å². The molecule has 0 fully saturated rings. The Kier molecular flexibility index (Phi) is 3.36. The molecule has 0 unspecified atom stereocenters. The maximum Gasteiger partial charge on any atom is 0.227 e. The first-order valence-electron chi connectivity index (χ1n) is 4.55. The van der Waals surface area contributed by atoms with Crippen molar-refractivity contribution in [2.75, 3.05) is 6.26 Å². The quantitative estimate of drug-likeness (QED) is 0.791. The van der Waals surface area contributed by atoms with Gasteiger partial charge in [0.05, 0.1) is 11.9 Å². The van der Waals surface area contributed by atoms with E-state index in [2.05, 4.69) is 10.3 Å². The van der Waals surface area contributed by atoms with Gasteiger partial charge in [0, 0.05) is 0 Å². The molecule has 0 aromatic heterocycles. The maximum absolute atomic E-state index is 10.9. The second kappa shape index (κ2) is 4.20. The normalized spacial score (nSPS) is 11.5. The van der Waals surface area contributed by atoms with Crippen LogP contribution in [0.5, 0.6) is 0 Å².